The van der Waals surface area contributed by atoms with Gasteiger partial charge in [0, 0.05) is 25.6 Å². The van der Waals surface area contributed by atoms with Gasteiger partial charge < -0.3 is 40.0 Å². The Labute approximate surface area is 257 Å². The quantitative estimate of drug-likeness (QED) is 0.230. The van der Waals surface area contributed by atoms with Crippen molar-refractivity contribution >= 4 is 39.9 Å². The highest BCUT2D eigenvalue weighted by atomic mass is 32.2. The van der Waals surface area contributed by atoms with E-state index in [1.807, 2.05) is 20.8 Å². The molecule has 16 heteroatoms. The highest BCUT2D eigenvalue weighted by Crippen LogP contribution is 2.50. The van der Waals surface area contributed by atoms with Crippen molar-refractivity contribution in [2.45, 2.75) is 109 Å². The van der Waals surface area contributed by atoms with Crippen molar-refractivity contribution in [3.05, 3.63) is 0 Å². The van der Waals surface area contributed by atoms with Gasteiger partial charge in [0.15, 0.2) is 5.78 Å². The summed E-state index contributed by atoms with van der Waals surface area (Å²) in [4.78, 5) is 64.9. The second-order valence-electron chi connectivity index (χ2n) is 13.6. The molecular weight excluding hydrogens is 600 g/mol. The van der Waals surface area contributed by atoms with Crippen LogP contribution in [0.2, 0.25) is 0 Å². The summed E-state index contributed by atoms with van der Waals surface area (Å²) in [7, 11) is -5.44. The van der Waals surface area contributed by atoms with Crippen molar-refractivity contribution in [3.63, 3.8) is 0 Å². The van der Waals surface area contributed by atoms with E-state index < -0.39 is 69.0 Å². The fourth-order valence-corrected chi connectivity index (χ4v) is 6.35. The van der Waals surface area contributed by atoms with Crippen LogP contribution >= 0.6 is 0 Å². The van der Waals surface area contributed by atoms with E-state index in [2.05, 4.69) is 16.0 Å². The van der Waals surface area contributed by atoms with Gasteiger partial charge in [0.25, 0.3) is 0 Å². The normalized spacial score (nSPS) is 22.4. The first-order chi connectivity index (χ1) is 20.3. The lowest BCUT2D eigenvalue weighted by molar-refractivity contribution is -0.132. The van der Waals surface area contributed by atoms with E-state index in [1.165, 1.54) is 0 Å². The van der Waals surface area contributed by atoms with Gasteiger partial charge in [0.1, 0.15) is 27.9 Å². The van der Waals surface area contributed by atoms with E-state index in [4.69, 9.17) is 9.47 Å². The van der Waals surface area contributed by atoms with Crippen LogP contribution in [-0.2, 0) is 34.0 Å². The summed E-state index contributed by atoms with van der Waals surface area (Å²) < 4.78 is 45.0. The number of carbonyl (C=O) groups excluding carboxylic acids is 5. The Bertz CT molecular complexity index is 1200. The Morgan fingerprint density at radius 2 is 1.73 bits per heavy atom. The number of hydrogen-bond donors (Lipinski definition) is 4. The monoisotopic (exact) mass is 645 g/mol. The molecule has 3 rings (SSSR count). The third-order valence-electron chi connectivity index (χ3n) is 8.25. The number of aliphatic hydroxyl groups excluding tert-OH is 1. The van der Waals surface area contributed by atoms with E-state index in [9.17, 15) is 42.0 Å². The van der Waals surface area contributed by atoms with Gasteiger partial charge in [-0.15, -0.1) is 0 Å². The van der Waals surface area contributed by atoms with Gasteiger partial charge >= 0.3 is 12.2 Å². The summed E-state index contributed by atoms with van der Waals surface area (Å²) in [5, 5.41) is 17.2. The van der Waals surface area contributed by atoms with Crippen LogP contribution in [-0.4, -0.2) is 102 Å². The van der Waals surface area contributed by atoms with Crippen molar-refractivity contribution in [2.75, 3.05) is 19.6 Å². The molecule has 0 bridgehead atoms. The number of Topliss-reactive ketones (excluding diaryl/α,β-unsaturated/α-hetero) is 1. The lowest BCUT2D eigenvalue weighted by Gasteiger charge is -2.51. The summed E-state index contributed by atoms with van der Waals surface area (Å²) in [6.07, 6.45) is 1.19. The van der Waals surface area contributed by atoms with Crippen LogP contribution in [0.1, 0.15) is 79.6 Å². The minimum absolute atomic E-state index is 0.0545. The lowest BCUT2D eigenvalue weighted by atomic mass is 9.61. The van der Waals surface area contributed by atoms with Gasteiger partial charge in [0.05, 0.1) is 6.04 Å². The van der Waals surface area contributed by atoms with Crippen LogP contribution in [0.4, 0.5) is 9.59 Å². The molecular formula is C28H45N4O11S-. The molecule has 0 aromatic carbocycles. The number of aliphatic hydroxyl groups is 1. The number of amides is 4. The Hall–Kier alpha value is -2.98. The first-order valence-electron chi connectivity index (χ1n) is 15.0. The van der Waals surface area contributed by atoms with E-state index in [1.54, 1.807) is 18.7 Å². The molecule has 0 aromatic heterocycles. The van der Waals surface area contributed by atoms with Crippen LogP contribution in [0.3, 0.4) is 0 Å². The third kappa shape index (κ3) is 9.76. The van der Waals surface area contributed by atoms with Crippen LogP contribution in [0.15, 0.2) is 0 Å². The molecule has 3 aliphatic rings. The number of nitrogens with zero attached hydrogens (tertiary/aromatic N) is 1. The van der Waals surface area contributed by atoms with Crippen molar-refractivity contribution in [1.82, 2.24) is 20.9 Å². The maximum atomic E-state index is 13.3. The molecule has 1 unspecified atom stereocenters. The predicted molar refractivity (Wildman–Crippen MR) is 154 cm³/mol. The molecule has 4 amide bonds. The highest BCUT2D eigenvalue weighted by molar-refractivity contribution is 7.87. The molecule has 4 atom stereocenters. The van der Waals surface area contributed by atoms with E-state index in [0.29, 0.717) is 38.9 Å². The average molecular weight is 646 g/mol. The lowest BCUT2D eigenvalue weighted by Crippen LogP contribution is -2.56. The first-order valence-corrected chi connectivity index (χ1v) is 16.5. The van der Waals surface area contributed by atoms with Gasteiger partial charge in [-0.2, -0.15) is 0 Å². The van der Waals surface area contributed by atoms with E-state index in [-0.39, 0.29) is 30.3 Å². The Balaban J connectivity index is 1.57. The highest BCUT2D eigenvalue weighted by Gasteiger charge is 2.48. The van der Waals surface area contributed by atoms with Crippen LogP contribution in [0.5, 0.6) is 0 Å². The van der Waals surface area contributed by atoms with Gasteiger partial charge in [-0.25, -0.2) is 18.0 Å². The number of likely N-dealkylation sites (tertiary alicyclic amines) is 1. The maximum absolute atomic E-state index is 13.3. The minimum Gasteiger partial charge on any atom is -0.746 e. The summed E-state index contributed by atoms with van der Waals surface area (Å²) in [6, 6.07) is -2.86. The van der Waals surface area contributed by atoms with Gasteiger partial charge in [-0.3, -0.25) is 14.4 Å². The second kappa shape index (κ2) is 14.0. The topological polar surface area (TPSA) is 221 Å². The number of rotatable bonds is 11. The molecule has 1 aliphatic carbocycles. The van der Waals surface area contributed by atoms with Crippen LogP contribution < -0.4 is 16.0 Å². The van der Waals surface area contributed by atoms with Gasteiger partial charge in [-0.05, 0) is 77.0 Å². The number of piperidine rings is 1. The Morgan fingerprint density at radius 1 is 1.11 bits per heavy atom. The van der Waals surface area contributed by atoms with Crippen molar-refractivity contribution in [2.24, 2.45) is 17.3 Å². The zero-order valence-corrected chi connectivity index (χ0v) is 26.7. The maximum Gasteiger partial charge on any atom is 0.410 e. The first kappa shape index (κ1) is 35.5. The minimum atomic E-state index is -5.44. The Morgan fingerprint density at radius 3 is 2.23 bits per heavy atom. The predicted octanol–water partition coefficient (Wildman–Crippen LogP) is 0.751. The van der Waals surface area contributed by atoms with Crippen molar-refractivity contribution in [3.8, 4) is 0 Å². The number of carbonyl (C=O) groups is 5. The molecule has 0 radical (unpaired) electrons. The second-order valence-corrected chi connectivity index (χ2v) is 15.0. The van der Waals surface area contributed by atoms with E-state index >= 15 is 0 Å². The molecule has 2 aliphatic heterocycles. The fourth-order valence-electron chi connectivity index (χ4n) is 5.91. The van der Waals surface area contributed by atoms with E-state index in [0.717, 1.165) is 12.8 Å². The zero-order chi connectivity index (χ0) is 33.0. The number of nitrogens with one attached hydrogen (secondary N) is 3. The molecule has 0 aromatic rings. The van der Waals surface area contributed by atoms with Gasteiger partial charge in [-0.1, -0.05) is 13.8 Å². The SMILES string of the molecule is CC(C)C[C@H](NC(=O)OC1CC2(CCN(C(=O)OC(C)(C)C)CC2)C1)C(=O)N[C@@H](C[C@H]1CCNC1=O)C(=O)C(O)S(=O)(=O)[O-]. The summed E-state index contributed by atoms with van der Waals surface area (Å²) in [5.41, 5.74) is -3.57. The molecule has 2 saturated heterocycles. The van der Waals surface area contributed by atoms with Crippen LogP contribution in [0.25, 0.3) is 0 Å². The zero-order valence-electron chi connectivity index (χ0n) is 25.9. The molecule has 1 saturated carbocycles. The number of ether oxygens (including phenoxy) is 2. The molecule has 15 nitrogen and oxygen atoms in total. The molecule has 2 heterocycles. The average Bonchev–Trinajstić information content (AvgIpc) is 3.28. The molecule has 3 fully saturated rings. The summed E-state index contributed by atoms with van der Waals surface area (Å²) >= 11 is 0. The standard InChI is InChI=1S/C28H46N4O11S/c1-16(2)12-20(23(35)30-19(13-17-6-9-29-22(17)34)21(33)24(36)44(39,40)41)31-25(37)42-18-14-28(15-18)7-10-32(11-8-28)26(38)43-27(3,4)5/h16-20,24,36H,6-15H2,1-5H3,(H,29,34)(H,30,35)(H,31,37)(H,39,40,41)/p-1/t17-,19+,20+,24?/m1/s1. The largest absolute Gasteiger partial charge is 0.746 e. The molecule has 44 heavy (non-hydrogen) atoms. The summed E-state index contributed by atoms with van der Waals surface area (Å²) in [6.45, 7) is 10.4. The van der Waals surface area contributed by atoms with Crippen LogP contribution in [0, 0.1) is 17.3 Å². The molecule has 250 valence electrons. The Kier molecular flexibility index (Phi) is 11.3. The van der Waals surface area contributed by atoms with Crippen molar-refractivity contribution < 1.29 is 51.5 Å². The molecule has 4 N–H and O–H groups in total. The van der Waals surface area contributed by atoms with Crippen molar-refractivity contribution in [1.29, 1.82) is 0 Å². The third-order valence-corrected chi connectivity index (χ3v) is 9.03. The summed E-state index contributed by atoms with van der Waals surface area (Å²) in [5.74, 6) is -3.59. The number of hydrogen-bond acceptors (Lipinski definition) is 11. The number of alkyl carbamates (subject to hydrolysis) is 1. The fraction of sp³-hybridized carbons (Fsp3) is 0.821. The smallest absolute Gasteiger partial charge is 0.410 e. The number of ketones is 1. The molecule has 1 spiro atoms. The van der Waals surface area contributed by atoms with Gasteiger partial charge in [0.2, 0.25) is 17.3 Å².